The molecule has 0 aliphatic carbocycles. The van der Waals surface area contributed by atoms with E-state index in [1.54, 1.807) is 55.7 Å². The van der Waals surface area contributed by atoms with Gasteiger partial charge in [0.05, 0.1) is 18.5 Å². The first-order chi connectivity index (χ1) is 12.2. The van der Waals surface area contributed by atoms with Crippen molar-refractivity contribution in [2.45, 2.75) is 25.7 Å². The largest absolute Gasteiger partial charge is 0.497 e. The van der Waals surface area contributed by atoms with Crippen molar-refractivity contribution in [1.82, 2.24) is 9.55 Å². The number of methoxy groups -OCH3 is 1. The number of sulfonamides is 1. The van der Waals surface area contributed by atoms with E-state index in [4.69, 9.17) is 4.74 Å². The molecule has 0 amide bonds. The standard InChI is InChI=1S/C18H21N3O3S2/c1-11-13(3)25-18(19-11)16-10-17(12(2)21(16)4)26(22,23)20-14-6-8-15(24-5)9-7-14/h6-10,20H,1-5H3. The van der Waals surface area contributed by atoms with Crippen LogP contribution in [0.3, 0.4) is 0 Å². The Morgan fingerprint density at radius 1 is 1.15 bits per heavy atom. The number of hydrogen-bond donors (Lipinski definition) is 1. The second kappa shape index (κ2) is 6.77. The van der Waals surface area contributed by atoms with Gasteiger partial charge in [0.25, 0.3) is 10.0 Å². The number of thiazole rings is 1. The Labute approximate surface area is 157 Å². The zero-order valence-corrected chi connectivity index (χ0v) is 17.0. The van der Waals surface area contributed by atoms with Crippen molar-refractivity contribution >= 4 is 27.0 Å². The molecule has 0 aliphatic heterocycles. The quantitative estimate of drug-likeness (QED) is 0.716. The second-order valence-electron chi connectivity index (χ2n) is 6.03. The SMILES string of the molecule is COc1ccc(NS(=O)(=O)c2cc(-c3nc(C)c(C)s3)n(C)c2C)cc1. The van der Waals surface area contributed by atoms with Crippen LogP contribution in [0.25, 0.3) is 10.7 Å². The van der Waals surface area contributed by atoms with Crippen molar-refractivity contribution < 1.29 is 13.2 Å². The fourth-order valence-corrected chi connectivity index (χ4v) is 4.92. The Hall–Kier alpha value is -2.32. The highest BCUT2D eigenvalue weighted by Crippen LogP contribution is 2.32. The van der Waals surface area contributed by atoms with Gasteiger partial charge in [-0.05, 0) is 51.1 Å². The minimum absolute atomic E-state index is 0.247. The van der Waals surface area contributed by atoms with Crippen LogP contribution in [0.2, 0.25) is 0 Å². The molecule has 0 bridgehead atoms. The predicted molar refractivity (Wildman–Crippen MR) is 105 cm³/mol. The Kier molecular flexibility index (Phi) is 4.81. The minimum atomic E-state index is -3.71. The molecule has 0 spiro atoms. The summed E-state index contributed by atoms with van der Waals surface area (Å²) in [7, 11) is -0.295. The molecule has 2 aromatic heterocycles. The van der Waals surface area contributed by atoms with Gasteiger partial charge in [0.2, 0.25) is 0 Å². The van der Waals surface area contributed by atoms with E-state index in [2.05, 4.69) is 9.71 Å². The molecule has 3 aromatic rings. The molecule has 26 heavy (non-hydrogen) atoms. The molecule has 138 valence electrons. The summed E-state index contributed by atoms with van der Waals surface area (Å²) < 4.78 is 35.3. The van der Waals surface area contributed by atoms with E-state index in [9.17, 15) is 8.42 Å². The van der Waals surface area contributed by atoms with Gasteiger partial charge in [-0.15, -0.1) is 11.3 Å². The lowest BCUT2D eigenvalue weighted by molar-refractivity contribution is 0.415. The number of anilines is 1. The minimum Gasteiger partial charge on any atom is -0.497 e. The van der Waals surface area contributed by atoms with Crippen molar-refractivity contribution in [1.29, 1.82) is 0 Å². The van der Waals surface area contributed by atoms with E-state index in [1.165, 1.54) is 0 Å². The van der Waals surface area contributed by atoms with Crippen LogP contribution in [0.4, 0.5) is 5.69 Å². The van der Waals surface area contributed by atoms with Gasteiger partial charge in [-0.1, -0.05) is 0 Å². The highest BCUT2D eigenvalue weighted by molar-refractivity contribution is 7.92. The van der Waals surface area contributed by atoms with Gasteiger partial charge in [0.1, 0.15) is 15.7 Å². The molecule has 2 heterocycles. The number of nitrogens with one attached hydrogen (secondary N) is 1. The summed E-state index contributed by atoms with van der Waals surface area (Å²) in [6, 6.07) is 8.44. The normalized spacial score (nSPS) is 11.6. The molecule has 6 nitrogen and oxygen atoms in total. The van der Waals surface area contributed by atoms with Gasteiger partial charge in [0, 0.05) is 23.3 Å². The van der Waals surface area contributed by atoms with Crippen LogP contribution in [0.1, 0.15) is 16.3 Å². The zero-order chi connectivity index (χ0) is 19.1. The van der Waals surface area contributed by atoms with Crippen LogP contribution in [-0.4, -0.2) is 25.1 Å². The van der Waals surface area contributed by atoms with E-state index in [1.807, 2.05) is 25.5 Å². The summed E-state index contributed by atoms with van der Waals surface area (Å²) in [5.41, 5.74) is 2.89. The maximum Gasteiger partial charge on any atom is 0.263 e. The maximum absolute atomic E-state index is 12.9. The molecular weight excluding hydrogens is 370 g/mol. The maximum atomic E-state index is 12.9. The van der Waals surface area contributed by atoms with Crippen LogP contribution in [0.5, 0.6) is 5.75 Å². The van der Waals surface area contributed by atoms with E-state index >= 15 is 0 Å². The first-order valence-corrected chi connectivity index (χ1v) is 10.3. The number of rotatable bonds is 5. The summed E-state index contributed by atoms with van der Waals surface area (Å²) in [5.74, 6) is 0.667. The van der Waals surface area contributed by atoms with Crippen molar-refractivity contribution in [3.05, 3.63) is 46.6 Å². The fraction of sp³-hybridized carbons (Fsp3) is 0.278. The predicted octanol–water partition coefficient (Wildman–Crippen LogP) is 3.88. The number of benzene rings is 1. The van der Waals surface area contributed by atoms with Crippen LogP contribution in [0.15, 0.2) is 35.2 Å². The molecule has 0 radical (unpaired) electrons. The van der Waals surface area contributed by atoms with Crippen LogP contribution >= 0.6 is 11.3 Å². The first kappa shape index (κ1) is 18.5. The lowest BCUT2D eigenvalue weighted by Gasteiger charge is -2.09. The van der Waals surface area contributed by atoms with E-state index in [-0.39, 0.29) is 4.90 Å². The van der Waals surface area contributed by atoms with Gasteiger partial charge in [-0.3, -0.25) is 4.72 Å². The van der Waals surface area contributed by atoms with Gasteiger partial charge >= 0.3 is 0 Å². The average Bonchev–Trinajstić information content (AvgIpc) is 3.08. The molecule has 0 saturated carbocycles. The average molecular weight is 392 g/mol. The molecule has 8 heteroatoms. The van der Waals surface area contributed by atoms with E-state index in [0.29, 0.717) is 17.1 Å². The number of aromatic nitrogens is 2. The summed E-state index contributed by atoms with van der Waals surface area (Å²) in [5, 5.41) is 0.816. The third-order valence-electron chi connectivity index (χ3n) is 4.37. The lowest BCUT2D eigenvalue weighted by atomic mass is 10.3. The smallest absolute Gasteiger partial charge is 0.263 e. The van der Waals surface area contributed by atoms with Gasteiger partial charge in [-0.25, -0.2) is 13.4 Å². The van der Waals surface area contributed by atoms with Crippen LogP contribution < -0.4 is 9.46 Å². The Balaban J connectivity index is 1.98. The van der Waals surface area contributed by atoms with Crippen LogP contribution in [0, 0.1) is 20.8 Å². The summed E-state index contributed by atoms with van der Waals surface area (Å²) in [6.07, 6.45) is 0. The van der Waals surface area contributed by atoms with Gasteiger partial charge < -0.3 is 9.30 Å². The highest BCUT2D eigenvalue weighted by atomic mass is 32.2. The summed E-state index contributed by atoms with van der Waals surface area (Å²) >= 11 is 1.56. The van der Waals surface area contributed by atoms with Crippen molar-refractivity contribution in [2.75, 3.05) is 11.8 Å². The van der Waals surface area contributed by atoms with Crippen molar-refractivity contribution in [2.24, 2.45) is 7.05 Å². The van der Waals surface area contributed by atoms with Crippen LogP contribution in [-0.2, 0) is 17.1 Å². The van der Waals surface area contributed by atoms with Crippen molar-refractivity contribution in [3.63, 3.8) is 0 Å². The van der Waals surface area contributed by atoms with E-state index in [0.717, 1.165) is 21.3 Å². The topological polar surface area (TPSA) is 73.2 Å². The Bertz CT molecular complexity index is 1030. The van der Waals surface area contributed by atoms with Crippen molar-refractivity contribution in [3.8, 4) is 16.5 Å². The van der Waals surface area contributed by atoms with E-state index < -0.39 is 10.0 Å². The Morgan fingerprint density at radius 3 is 2.35 bits per heavy atom. The number of aryl methyl sites for hydroxylation is 2. The van der Waals surface area contributed by atoms with Gasteiger partial charge in [0.15, 0.2) is 0 Å². The third kappa shape index (κ3) is 3.34. The fourth-order valence-electron chi connectivity index (χ4n) is 2.60. The third-order valence-corrected chi connectivity index (χ3v) is 6.96. The van der Waals surface area contributed by atoms with Gasteiger partial charge in [-0.2, -0.15) is 0 Å². The molecule has 0 saturated heterocycles. The monoisotopic (exact) mass is 391 g/mol. The molecule has 0 fully saturated rings. The first-order valence-electron chi connectivity index (χ1n) is 8.00. The number of hydrogen-bond acceptors (Lipinski definition) is 5. The molecule has 0 aliphatic rings. The molecule has 0 atom stereocenters. The number of nitrogens with zero attached hydrogens (tertiary/aromatic N) is 2. The highest BCUT2D eigenvalue weighted by Gasteiger charge is 2.23. The summed E-state index contributed by atoms with van der Waals surface area (Å²) in [4.78, 5) is 5.92. The molecule has 1 aromatic carbocycles. The Morgan fingerprint density at radius 2 is 1.81 bits per heavy atom. The number of ether oxygens (including phenoxy) is 1. The molecule has 1 N–H and O–H groups in total. The lowest BCUT2D eigenvalue weighted by Crippen LogP contribution is -2.13. The zero-order valence-electron chi connectivity index (χ0n) is 15.3. The molecule has 0 unspecified atom stereocenters. The second-order valence-corrected chi connectivity index (χ2v) is 8.89. The molecular formula is C18H21N3O3S2. The summed E-state index contributed by atoms with van der Waals surface area (Å²) in [6.45, 7) is 5.75. The molecule has 3 rings (SSSR count).